The largest absolute Gasteiger partial charge is 0.444 e. The first-order valence-electron chi connectivity index (χ1n) is 7.50. The summed E-state index contributed by atoms with van der Waals surface area (Å²) in [6.45, 7) is 6.11. The normalized spacial score (nSPS) is 17.8. The van der Waals surface area contributed by atoms with Crippen molar-refractivity contribution < 1.29 is 18.7 Å². The van der Waals surface area contributed by atoms with Gasteiger partial charge in [0.25, 0.3) is 5.91 Å². The molecule has 1 aromatic carbocycles. The zero-order valence-corrected chi connectivity index (χ0v) is 16.0. The van der Waals surface area contributed by atoms with Gasteiger partial charge in [-0.05, 0) is 55.3 Å². The van der Waals surface area contributed by atoms with E-state index in [2.05, 4.69) is 21.2 Å². The van der Waals surface area contributed by atoms with E-state index in [0.717, 1.165) is 6.07 Å². The van der Waals surface area contributed by atoms with Crippen LogP contribution < -0.4 is 5.32 Å². The van der Waals surface area contributed by atoms with Crippen LogP contribution in [0.2, 0.25) is 5.02 Å². The lowest BCUT2D eigenvalue weighted by atomic mass is 10.2. The quantitative estimate of drug-likeness (QED) is 0.735. The molecule has 1 heterocycles. The van der Waals surface area contributed by atoms with Crippen LogP contribution in [0.25, 0.3) is 0 Å². The number of carbonyl (C=O) groups excluding carboxylic acids is 2. The van der Waals surface area contributed by atoms with Crippen molar-refractivity contribution in [1.29, 1.82) is 0 Å². The summed E-state index contributed by atoms with van der Waals surface area (Å²) in [5, 5.41) is 2.91. The maximum atomic E-state index is 13.5. The Bertz CT molecular complexity index is 663. The van der Waals surface area contributed by atoms with Crippen molar-refractivity contribution >= 4 is 39.5 Å². The van der Waals surface area contributed by atoms with Crippen molar-refractivity contribution in [2.75, 3.05) is 13.1 Å². The van der Waals surface area contributed by atoms with Gasteiger partial charge < -0.3 is 15.0 Å². The van der Waals surface area contributed by atoms with Crippen molar-refractivity contribution in [2.45, 2.75) is 38.8 Å². The minimum atomic E-state index is -0.584. The molecule has 1 N–H and O–H groups in total. The van der Waals surface area contributed by atoms with Crippen LogP contribution in [0.3, 0.4) is 0 Å². The Labute approximate surface area is 153 Å². The van der Waals surface area contributed by atoms with Crippen molar-refractivity contribution in [2.24, 2.45) is 0 Å². The molecule has 132 valence electrons. The second-order valence-electron chi connectivity index (χ2n) is 6.63. The van der Waals surface area contributed by atoms with E-state index in [1.807, 2.05) is 0 Å². The van der Waals surface area contributed by atoms with Crippen LogP contribution in [0.5, 0.6) is 0 Å². The highest BCUT2D eigenvalue weighted by atomic mass is 79.9. The van der Waals surface area contributed by atoms with Crippen LogP contribution in [-0.4, -0.2) is 41.6 Å². The molecule has 2 rings (SSSR count). The molecule has 0 aromatic heterocycles. The zero-order valence-electron chi connectivity index (χ0n) is 13.7. The van der Waals surface area contributed by atoms with E-state index in [0.29, 0.717) is 24.0 Å². The Morgan fingerprint density at radius 2 is 2.08 bits per heavy atom. The van der Waals surface area contributed by atoms with Gasteiger partial charge in [0, 0.05) is 17.6 Å². The molecule has 1 saturated heterocycles. The molecule has 1 atom stereocenters. The van der Waals surface area contributed by atoms with E-state index < -0.39 is 17.5 Å². The van der Waals surface area contributed by atoms with Crippen LogP contribution in [-0.2, 0) is 4.74 Å². The summed E-state index contributed by atoms with van der Waals surface area (Å²) in [5.41, 5.74) is -0.485. The Balaban J connectivity index is 2.01. The van der Waals surface area contributed by atoms with Crippen LogP contribution in [0, 0.1) is 5.82 Å². The molecule has 1 aromatic rings. The molecule has 8 heteroatoms. The predicted octanol–water partition coefficient (Wildman–Crippen LogP) is 3.98. The maximum absolute atomic E-state index is 13.5. The number of rotatable bonds is 2. The van der Waals surface area contributed by atoms with Gasteiger partial charge in [-0.15, -0.1) is 0 Å². The summed E-state index contributed by atoms with van der Waals surface area (Å²) < 4.78 is 19.1. The third-order valence-electron chi connectivity index (χ3n) is 3.42. The first-order chi connectivity index (χ1) is 11.1. The third-order valence-corrected chi connectivity index (χ3v) is 4.68. The fourth-order valence-electron chi connectivity index (χ4n) is 2.42. The summed E-state index contributed by atoms with van der Waals surface area (Å²) in [6, 6.07) is 2.11. The summed E-state index contributed by atoms with van der Waals surface area (Å²) >= 11 is 9.21. The van der Waals surface area contributed by atoms with Gasteiger partial charge in [-0.2, -0.15) is 0 Å². The second kappa shape index (κ2) is 7.27. The lowest BCUT2D eigenvalue weighted by Crippen LogP contribution is -2.41. The summed E-state index contributed by atoms with van der Waals surface area (Å²) in [4.78, 5) is 25.9. The van der Waals surface area contributed by atoms with Gasteiger partial charge in [0.2, 0.25) is 0 Å². The number of nitrogens with one attached hydrogen (secondary N) is 1. The molecule has 1 aliphatic heterocycles. The molecule has 0 bridgehead atoms. The van der Waals surface area contributed by atoms with E-state index >= 15 is 0 Å². The monoisotopic (exact) mass is 420 g/mol. The molecule has 0 spiro atoms. The van der Waals surface area contributed by atoms with Gasteiger partial charge in [-0.1, -0.05) is 11.6 Å². The summed E-state index contributed by atoms with van der Waals surface area (Å²) in [7, 11) is 0. The minimum Gasteiger partial charge on any atom is -0.444 e. The maximum Gasteiger partial charge on any atom is 0.407 e. The molecular weight excluding hydrogens is 403 g/mol. The van der Waals surface area contributed by atoms with E-state index in [1.54, 1.807) is 20.8 Å². The molecule has 0 saturated carbocycles. The number of nitrogens with zero attached hydrogens (tertiary/aromatic N) is 1. The molecular formula is C16H19BrClFN2O3. The highest BCUT2D eigenvalue weighted by molar-refractivity contribution is 9.10. The Morgan fingerprint density at radius 1 is 1.42 bits per heavy atom. The van der Waals surface area contributed by atoms with Gasteiger partial charge in [0.1, 0.15) is 11.4 Å². The fourth-order valence-corrected chi connectivity index (χ4v) is 3.04. The standard InChI is InChI=1S/C16H19BrClFN2O3/c1-16(2,3)24-15(23)20-10-4-5-21(8-10)14(22)11-6-9(19)7-12(17)13(11)18/h6-7,10H,4-5,8H2,1-3H3,(H,20,23). The van der Waals surface area contributed by atoms with Gasteiger partial charge in [0.05, 0.1) is 16.6 Å². The summed E-state index contributed by atoms with van der Waals surface area (Å²) in [6.07, 6.45) is 0.0763. The van der Waals surface area contributed by atoms with Gasteiger partial charge in [-0.3, -0.25) is 4.79 Å². The molecule has 1 unspecified atom stereocenters. The molecule has 0 aliphatic carbocycles. The third kappa shape index (κ3) is 4.83. The number of halogens is 3. The number of hydrogen-bond acceptors (Lipinski definition) is 3. The van der Waals surface area contributed by atoms with E-state index in [9.17, 15) is 14.0 Å². The van der Waals surface area contributed by atoms with Crippen molar-refractivity contribution in [3.63, 3.8) is 0 Å². The number of amides is 2. The Morgan fingerprint density at radius 3 is 2.71 bits per heavy atom. The Hall–Kier alpha value is -1.34. The highest BCUT2D eigenvalue weighted by Gasteiger charge is 2.30. The SMILES string of the molecule is CC(C)(C)OC(=O)NC1CCN(C(=O)c2cc(F)cc(Br)c2Cl)C1. The molecule has 24 heavy (non-hydrogen) atoms. The first-order valence-corrected chi connectivity index (χ1v) is 8.67. The molecule has 2 amide bonds. The molecule has 1 aliphatic rings. The van der Waals surface area contributed by atoms with Crippen LogP contribution in [0.4, 0.5) is 9.18 Å². The van der Waals surface area contributed by atoms with Crippen LogP contribution >= 0.6 is 27.5 Å². The minimum absolute atomic E-state index is 0.0986. The molecule has 5 nitrogen and oxygen atoms in total. The lowest BCUT2D eigenvalue weighted by molar-refractivity contribution is 0.0502. The molecule has 0 radical (unpaired) electrons. The second-order valence-corrected chi connectivity index (χ2v) is 7.86. The Kier molecular flexibility index (Phi) is 5.75. The average Bonchev–Trinajstić information content (AvgIpc) is 2.88. The number of carbonyl (C=O) groups is 2. The average molecular weight is 422 g/mol. The molecule has 1 fully saturated rings. The lowest BCUT2D eigenvalue weighted by Gasteiger charge is -2.22. The van der Waals surface area contributed by atoms with Crippen molar-refractivity contribution in [3.05, 3.63) is 33.0 Å². The van der Waals surface area contributed by atoms with Crippen LogP contribution in [0.1, 0.15) is 37.6 Å². The van der Waals surface area contributed by atoms with Gasteiger partial charge >= 0.3 is 6.09 Å². The zero-order chi connectivity index (χ0) is 18.1. The number of benzene rings is 1. The predicted molar refractivity (Wildman–Crippen MR) is 92.8 cm³/mol. The van der Waals surface area contributed by atoms with E-state index in [4.69, 9.17) is 16.3 Å². The van der Waals surface area contributed by atoms with Gasteiger partial charge in [0.15, 0.2) is 0 Å². The van der Waals surface area contributed by atoms with E-state index in [1.165, 1.54) is 11.0 Å². The summed E-state index contributed by atoms with van der Waals surface area (Å²) in [5.74, 6) is -0.911. The first kappa shape index (κ1) is 19.0. The fraction of sp³-hybridized carbons (Fsp3) is 0.500. The van der Waals surface area contributed by atoms with Crippen molar-refractivity contribution in [3.8, 4) is 0 Å². The number of ether oxygens (including phenoxy) is 1. The number of likely N-dealkylation sites (tertiary alicyclic amines) is 1. The van der Waals surface area contributed by atoms with E-state index in [-0.39, 0.29) is 22.5 Å². The smallest absolute Gasteiger partial charge is 0.407 e. The van der Waals surface area contributed by atoms with Crippen LogP contribution in [0.15, 0.2) is 16.6 Å². The highest BCUT2D eigenvalue weighted by Crippen LogP contribution is 2.29. The number of hydrogen-bond donors (Lipinski definition) is 1. The topological polar surface area (TPSA) is 58.6 Å². The van der Waals surface area contributed by atoms with Crippen molar-refractivity contribution in [1.82, 2.24) is 10.2 Å². The van der Waals surface area contributed by atoms with Gasteiger partial charge in [-0.25, -0.2) is 9.18 Å². The number of alkyl carbamates (subject to hydrolysis) is 1.